The molecule has 19 heavy (non-hydrogen) atoms. The molecule has 1 aliphatic heterocycles. The van der Waals surface area contributed by atoms with Gasteiger partial charge >= 0.3 is 5.97 Å². The molecule has 1 aliphatic rings. The summed E-state index contributed by atoms with van der Waals surface area (Å²) in [5.74, 6) is -1.79. The van der Waals surface area contributed by atoms with Crippen LogP contribution in [-0.4, -0.2) is 40.0 Å². The van der Waals surface area contributed by atoms with Crippen LogP contribution >= 0.6 is 0 Å². The topological polar surface area (TPSA) is 70.5 Å². The van der Waals surface area contributed by atoms with E-state index in [4.69, 9.17) is 0 Å². The van der Waals surface area contributed by atoms with Crippen LogP contribution in [0.1, 0.15) is 25.5 Å². The van der Waals surface area contributed by atoms with Gasteiger partial charge < -0.3 is 10.0 Å². The first-order valence-electron chi connectivity index (χ1n) is 6.08. The molecule has 0 saturated carbocycles. The second-order valence-electron chi connectivity index (χ2n) is 4.74. The molecule has 2 heterocycles. The Labute approximate surface area is 110 Å². The highest BCUT2D eigenvalue weighted by molar-refractivity contribution is 5.81. The maximum absolute atomic E-state index is 13.2. The second-order valence-corrected chi connectivity index (χ2v) is 4.74. The molecule has 1 aromatic heterocycles. The van der Waals surface area contributed by atoms with E-state index in [1.165, 1.54) is 25.1 Å². The van der Waals surface area contributed by atoms with Crippen LogP contribution in [0.4, 0.5) is 4.39 Å². The van der Waals surface area contributed by atoms with Crippen molar-refractivity contribution in [3.8, 4) is 0 Å². The maximum Gasteiger partial charge on any atom is 0.315 e. The van der Waals surface area contributed by atoms with Crippen molar-refractivity contribution in [2.24, 2.45) is 0 Å². The normalized spacial score (nSPS) is 18.1. The molecule has 0 aliphatic carbocycles. The Morgan fingerprint density at radius 1 is 1.37 bits per heavy atom. The van der Waals surface area contributed by atoms with Gasteiger partial charge in [-0.3, -0.25) is 9.59 Å². The standard InChI is InChI=1S/C13H15FN2O3/c1-9(17)16-7-5-13(6-8-16,12(18)19)10-3-2-4-11(14)15-10/h2-4H,5-8H2,1H3,(H,18,19). The van der Waals surface area contributed by atoms with Crippen molar-refractivity contribution in [1.82, 2.24) is 9.88 Å². The number of likely N-dealkylation sites (tertiary alicyclic amines) is 1. The number of amides is 1. The van der Waals surface area contributed by atoms with Crippen LogP contribution < -0.4 is 0 Å². The summed E-state index contributed by atoms with van der Waals surface area (Å²) in [6, 6.07) is 4.17. The minimum absolute atomic E-state index is 0.0776. The molecule has 0 atom stereocenters. The Morgan fingerprint density at radius 2 is 2.00 bits per heavy atom. The molecule has 0 aromatic carbocycles. The van der Waals surface area contributed by atoms with E-state index in [1.54, 1.807) is 4.90 Å². The number of carbonyl (C=O) groups is 2. The lowest BCUT2D eigenvalue weighted by Crippen LogP contribution is -2.49. The molecule has 102 valence electrons. The minimum Gasteiger partial charge on any atom is -0.481 e. The van der Waals surface area contributed by atoms with Crippen molar-refractivity contribution in [2.45, 2.75) is 25.2 Å². The van der Waals surface area contributed by atoms with Gasteiger partial charge in [0.15, 0.2) is 0 Å². The summed E-state index contributed by atoms with van der Waals surface area (Å²) < 4.78 is 13.2. The third kappa shape index (κ3) is 2.43. The summed E-state index contributed by atoms with van der Waals surface area (Å²) in [6.07, 6.45) is 0.497. The number of nitrogens with zero attached hydrogens (tertiary/aromatic N) is 2. The second kappa shape index (κ2) is 4.95. The first kappa shape index (κ1) is 13.5. The Kier molecular flexibility index (Phi) is 3.50. The van der Waals surface area contributed by atoms with Crippen LogP contribution in [0.5, 0.6) is 0 Å². The Hall–Kier alpha value is -1.98. The summed E-state index contributed by atoms with van der Waals surface area (Å²) in [6.45, 7) is 2.15. The average Bonchev–Trinajstić information content (AvgIpc) is 2.38. The van der Waals surface area contributed by atoms with Crippen molar-refractivity contribution in [3.63, 3.8) is 0 Å². The number of carboxylic acid groups (broad SMARTS) is 1. The molecular formula is C13H15FN2O3. The zero-order valence-corrected chi connectivity index (χ0v) is 10.6. The smallest absolute Gasteiger partial charge is 0.315 e. The van der Waals surface area contributed by atoms with Crippen LogP contribution in [0.2, 0.25) is 0 Å². The lowest BCUT2D eigenvalue weighted by molar-refractivity contribution is -0.148. The van der Waals surface area contributed by atoms with Crippen LogP contribution in [0.25, 0.3) is 0 Å². The van der Waals surface area contributed by atoms with Crippen molar-refractivity contribution in [1.29, 1.82) is 0 Å². The van der Waals surface area contributed by atoms with E-state index < -0.39 is 17.3 Å². The largest absolute Gasteiger partial charge is 0.481 e. The molecule has 2 rings (SSSR count). The van der Waals surface area contributed by atoms with Crippen LogP contribution in [0.15, 0.2) is 18.2 Å². The van der Waals surface area contributed by atoms with Crippen molar-refractivity contribution < 1.29 is 19.1 Å². The van der Waals surface area contributed by atoms with Gasteiger partial charge in [-0.2, -0.15) is 4.39 Å². The number of hydrogen-bond acceptors (Lipinski definition) is 3. The molecule has 0 unspecified atom stereocenters. The summed E-state index contributed by atoms with van der Waals surface area (Å²) in [7, 11) is 0. The van der Waals surface area contributed by atoms with Gasteiger partial charge in [0, 0.05) is 20.0 Å². The molecule has 1 aromatic rings. The number of pyridine rings is 1. The number of carboxylic acids is 1. The number of halogens is 1. The van der Waals surface area contributed by atoms with Gasteiger partial charge in [-0.15, -0.1) is 0 Å². The van der Waals surface area contributed by atoms with Gasteiger partial charge in [-0.05, 0) is 25.0 Å². The van der Waals surface area contributed by atoms with Crippen LogP contribution in [-0.2, 0) is 15.0 Å². The molecule has 0 bridgehead atoms. The molecule has 6 heteroatoms. The lowest BCUT2D eigenvalue weighted by Gasteiger charge is -2.38. The molecular weight excluding hydrogens is 251 g/mol. The Morgan fingerprint density at radius 3 is 2.47 bits per heavy atom. The highest BCUT2D eigenvalue weighted by Crippen LogP contribution is 2.34. The van der Waals surface area contributed by atoms with Crippen molar-refractivity contribution in [3.05, 3.63) is 29.8 Å². The fourth-order valence-electron chi connectivity index (χ4n) is 2.46. The molecule has 1 N–H and O–H groups in total. The summed E-state index contributed by atoms with van der Waals surface area (Å²) >= 11 is 0. The predicted molar refractivity (Wildman–Crippen MR) is 65.0 cm³/mol. The van der Waals surface area contributed by atoms with Crippen molar-refractivity contribution in [2.75, 3.05) is 13.1 Å². The number of rotatable bonds is 2. The zero-order valence-electron chi connectivity index (χ0n) is 10.6. The van der Waals surface area contributed by atoms with Gasteiger partial charge in [-0.25, -0.2) is 4.98 Å². The Bertz CT molecular complexity index is 510. The number of aliphatic carboxylic acids is 1. The summed E-state index contributed by atoms with van der Waals surface area (Å²) in [5, 5.41) is 9.49. The van der Waals surface area contributed by atoms with E-state index in [0.29, 0.717) is 13.1 Å². The van der Waals surface area contributed by atoms with Gasteiger partial charge in [0.05, 0.1) is 5.69 Å². The molecule has 0 spiro atoms. The van der Waals surface area contributed by atoms with E-state index >= 15 is 0 Å². The van der Waals surface area contributed by atoms with E-state index in [0.717, 1.165) is 0 Å². The van der Waals surface area contributed by atoms with Crippen LogP contribution in [0.3, 0.4) is 0 Å². The molecule has 0 radical (unpaired) electrons. The first-order valence-corrected chi connectivity index (χ1v) is 6.08. The third-order valence-electron chi connectivity index (χ3n) is 3.68. The fraction of sp³-hybridized carbons (Fsp3) is 0.462. The number of carbonyl (C=O) groups excluding carboxylic acids is 1. The average molecular weight is 266 g/mol. The quantitative estimate of drug-likeness (QED) is 0.816. The van der Waals surface area contributed by atoms with E-state index in [9.17, 15) is 19.1 Å². The van der Waals surface area contributed by atoms with Crippen LogP contribution in [0, 0.1) is 5.95 Å². The van der Waals surface area contributed by atoms with E-state index in [-0.39, 0.29) is 24.4 Å². The van der Waals surface area contributed by atoms with E-state index in [2.05, 4.69) is 4.98 Å². The highest BCUT2D eigenvalue weighted by Gasteiger charge is 2.44. The zero-order chi connectivity index (χ0) is 14.0. The number of hydrogen-bond donors (Lipinski definition) is 1. The molecule has 5 nitrogen and oxygen atoms in total. The summed E-state index contributed by atoms with van der Waals surface area (Å²) in [4.78, 5) is 28.2. The number of aromatic nitrogens is 1. The Balaban J connectivity index is 2.31. The lowest BCUT2D eigenvalue weighted by atomic mass is 9.75. The van der Waals surface area contributed by atoms with Gasteiger partial charge in [0.1, 0.15) is 5.41 Å². The van der Waals surface area contributed by atoms with E-state index in [1.807, 2.05) is 0 Å². The summed E-state index contributed by atoms with van der Waals surface area (Å²) in [5.41, 5.74) is -0.975. The molecule has 1 fully saturated rings. The monoisotopic (exact) mass is 266 g/mol. The SMILES string of the molecule is CC(=O)N1CCC(C(=O)O)(c2cccc(F)n2)CC1. The number of piperidine rings is 1. The first-order chi connectivity index (χ1) is 8.95. The fourth-order valence-corrected chi connectivity index (χ4v) is 2.46. The predicted octanol–water partition coefficient (Wildman–Crippen LogP) is 1.19. The van der Waals surface area contributed by atoms with Crippen molar-refractivity contribution >= 4 is 11.9 Å². The maximum atomic E-state index is 13.2. The molecule has 1 amide bonds. The minimum atomic E-state index is -1.20. The van der Waals surface area contributed by atoms with Gasteiger partial charge in [0.25, 0.3) is 0 Å². The third-order valence-corrected chi connectivity index (χ3v) is 3.68. The molecule has 1 saturated heterocycles. The van der Waals surface area contributed by atoms with Gasteiger partial charge in [0.2, 0.25) is 11.9 Å². The highest BCUT2D eigenvalue weighted by atomic mass is 19.1. The van der Waals surface area contributed by atoms with Gasteiger partial charge in [-0.1, -0.05) is 6.07 Å².